The number of nitrogens with zero attached hydrogens (tertiary/aromatic N) is 1. The van der Waals surface area contributed by atoms with Gasteiger partial charge in [-0.25, -0.2) is 13.1 Å². The number of benzene rings is 2. The minimum absolute atomic E-state index is 0.0721. The van der Waals surface area contributed by atoms with Crippen molar-refractivity contribution in [3.05, 3.63) is 53.6 Å². The molecule has 2 aromatic carbocycles. The molecule has 0 radical (unpaired) electrons. The number of carbonyl (C=O) groups excluding carboxylic acids is 1. The molecule has 2 aromatic rings. The van der Waals surface area contributed by atoms with Gasteiger partial charge in [-0.3, -0.25) is 4.79 Å². The number of sulfonamides is 1. The fourth-order valence-corrected chi connectivity index (χ4v) is 4.02. The summed E-state index contributed by atoms with van der Waals surface area (Å²) < 4.78 is 26.3. The topological polar surface area (TPSA) is 78.5 Å². The highest BCUT2D eigenvalue weighted by Crippen LogP contribution is 2.24. The Morgan fingerprint density at radius 1 is 1.04 bits per heavy atom. The fourth-order valence-electron chi connectivity index (χ4n) is 3.26. The zero-order valence-electron chi connectivity index (χ0n) is 15.7. The third kappa shape index (κ3) is 4.48. The second-order valence-corrected chi connectivity index (χ2v) is 8.62. The number of anilines is 2. The number of nitrogens with one attached hydrogen (secondary N) is 2. The van der Waals surface area contributed by atoms with Gasteiger partial charge < -0.3 is 10.2 Å². The molecule has 6 nitrogen and oxygen atoms in total. The quantitative estimate of drug-likeness (QED) is 0.826. The van der Waals surface area contributed by atoms with E-state index < -0.39 is 10.0 Å². The van der Waals surface area contributed by atoms with E-state index in [1.165, 1.54) is 38.4 Å². The zero-order chi connectivity index (χ0) is 19.4. The van der Waals surface area contributed by atoms with Crippen LogP contribution in [0.15, 0.2) is 47.4 Å². The molecule has 27 heavy (non-hydrogen) atoms. The summed E-state index contributed by atoms with van der Waals surface area (Å²) >= 11 is 0. The number of hydrogen-bond donors (Lipinski definition) is 2. The maximum atomic E-state index is 12.8. The summed E-state index contributed by atoms with van der Waals surface area (Å²) in [5.41, 5.74) is 2.85. The highest BCUT2D eigenvalue weighted by molar-refractivity contribution is 7.89. The van der Waals surface area contributed by atoms with Crippen LogP contribution in [-0.4, -0.2) is 34.5 Å². The Kier molecular flexibility index (Phi) is 5.82. The van der Waals surface area contributed by atoms with Gasteiger partial charge in [-0.15, -0.1) is 0 Å². The lowest BCUT2D eigenvalue weighted by molar-refractivity contribution is 0.102. The van der Waals surface area contributed by atoms with Gasteiger partial charge in [-0.2, -0.15) is 0 Å². The molecule has 0 spiro atoms. The summed E-state index contributed by atoms with van der Waals surface area (Å²) in [5, 5.41) is 2.89. The average molecular weight is 388 g/mol. The summed E-state index contributed by atoms with van der Waals surface area (Å²) in [4.78, 5) is 15.1. The molecule has 144 valence electrons. The largest absolute Gasteiger partial charge is 0.371 e. The van der Waals surface area contributed by atoms with E-state index >= 15 is 0 Å². The second-order valence-electron chi connectivity index (χ2n) is 6.74. The third-order valence-electron chi connectivity index (χ3n) is 4.86. The first-order chi connectivity index (χ1) is 12.9. The Morgan fingerprint density at radius 2 is 1.78 bits per heavy atom. The molecule has 0 unspecified atom stereocenters. The first-order valence-corrected chi connectivity index (χ1v) is 10.6. The monoisotopic (exact) mass is 387 g/mol. The zero-order valence-corrected chi connectivity index (χ0v) is 16.5. The molecule has 0 saturated carbocycles. The number of piperidine rings is 1. The van der Waals surface area contributed by atoms with Crippen LogP contribution in [-0.2, 0) is 10.0 Å². The van der Waals surface area contributed by atoms with Crippen LogP contribution in [0.5, 0.6) is 0 Å². The van der Waals surface area contributed by atoms with Crippen molar-refractivity contribution in [2.45, 2.75) is 31.1 Å². The van der Waals surface area contributed by atoms with Crippen LogP contribution in [0, 0.1) is 6.92 Å². The van der Waals surface area contributed by atoms with Gasteiger partial charge in [0.1, 0.15) is 0 Å². The molecule has 1 aliphatic rings. The van der Waals surface area contributed by atoms with Gasteiger partial charge in [0, 0.05) is 30.0 Å². The summed E-state index contributed by atoms with van der Waals surface area (Å²) in [5.74, 6) is -0.323. The molecule has 1 heterocycles. The lowest BCUT2D eigenvalue weighted by Gasteiger charge is -2.29. The van der Waals surface area contributed by atoms with Gasteiger partial charge in [0.05, 0.1) is 4.90 Å². The molecule has 7 heteroatoms. The van der Waals surface area contributed by atoms with Crippen LogP contribution in [0.1, 0.15) is 35.2 Å². The molecule has 1 fully saturated rings. The molecule has 0 bridgehead atoms. The first kappa shape index (κ1) is 19.4. The van der Waals surface area contributed by atoms with E-state index in [-0.39, 0.29) is 10.8 Å². The van der Waals surface area contributed by atoms with Gasteiger partial charge in [0.25, 0.3) is 5.91 Å². The normalized spacial score (nSPS) is 14.8. The van der Waals surface area contributed by atoms with Crippen molar-refractivity contribution in [2.24, 2.45) is 0 Å². The Bertz CT molecular complexity index is 935. The summed E-state index contributed by atoms with van der Waals surface area (Å²) in [6.45, 7) is 3.84. The highest BCUT2D eigenvalue weighted by Gasteiger charge is 2.17. The molecular formula is C20H25N3O3S. The minimum atomic E-state index is -3.60. The van der Waals surface area contributed by atoms with Crippen LogP contribution in [0.2, 0.25) is 0 Å². The molecular weight excluding hydrogens is 362 g/mol. The predicted molar refractivity (Wildman–Crippen MR) is 108 cm³/mol. The summed E-state index contributed by atoms with van der Waals surface area (Å²) in [6.07, 6.45) is 3.63. The van der Waals surface area contributed by atoms with E-state index in [2.05, 4.69) is 14.9 Å². The lowest BCUT2D eigenvalue weighted by atomic mass is 10.1. The van der Waals surface area contributed by atoms with Crippen molar-refractivity contribution in [3.63, 3.8) is 0 Å². The molecule has 1 saturated heterocycles. The van der Waals surface area contributed by atoms with Crippen molar-refractivity contribution in [3.8, 4) is 0 Å². The molecule has 3 rings (SSSR count). The van der Waals surface area contributed by atoms with E-state index in [9.17, 15) is 13.2 Å². The molecule has 0 aliphatic carbocycles. The third-order valence-corrected chi connectivity index (χ3v) is 6.27. The number of hydrogen-bond acceptors (Lipinski definition) is 4. The maximum Gasteiger partial charge on any atom is 0.255 e. The lowest BCUT2D eigenvalue weighted by Crippen LogP contribution is -2.29. The first-order valence-electron chi connectivity index (χ1n) is 9.11. The van der Waals surface area contributed by atoms with Gasteiger partial charge in [0.15, 0.2) is 0 Å². The average Bonchev–Trinajstić information content (AvgIpc) is 2.69. The van der Waals surface area contributed by atoms with Crippen molar-refractivity contribution < 1.29 is 13.2 Å². The molecule has 0 atom stereocenters. The fraction of sp³-hybridized carbons (Fsp3) is 0.350. The Morgan fingerprint density at radius 3 is 2.48 bits per heavy atom. The highest BCUT2D eigenvalue weighted by atomic mass is 32.2. The molecule has 1 aliphatic heterocycles. The van der Waals surface area contributed by atoms with Gasteiger partial charge >= 0.3 is 0 Å². The van der Waals surface area contributed by atoms with E-state index in [1.807, 2.05) is 24.3 Å². The van der Waals surface area contributed by atoms with Crippen LogP contribution in [0.25, 0.3) is 0 Å². The van der Waals surface area contributed by atoms with Crippen LogP contribution in [0.3, 0.4) is 0 Å². The Hall–Kier alpha value is -2.38. The van der Waals surface area contributed by atoms with E-state index in [1.54, 1.807) is 13.0 Å². The standard InChI is InChI=1S/C20H25N3O3S/c1-15-9-10-18(27(25,26)21-2)14-19(15)20(24)22-16-7-6-8-17(13-16)23-11-4-3-5-12-23/h6-10,13-14,21H,3-5,11-12H2,1-2H3,(H,22,24). The number of amides is 1. The van der Waals surface area contributed by atoms with E-state index in [0.29, 0.717) is 11.3 Å². The SMILES string of the molecule is CNS(=O)(=O)c1ccc(C)c(C(=O)Nc2cccc(N3CCCCC3)c2)c1. The number of carbonyl (C=O) groups is 1. The Balaban J connectivity index is 1.82. The van der Waals surface area contributed by atoms with E-state index in [0.717, 1.165) is 24.3 Å². The van der Waals surface area contributed by atoms with Crippen LogP contribution in [0.4, 0.5) is 11.4 Å². The summed E-state index contributed by atoms with van der Waals surface area (Å²) in [7, 11) is -2.25. The van der Waals surface area contributed by atoms with Crippen molar-refractivity contribution in [1.29, 1.82) is 0 Å². The van der Waals surface area contributed by atoms with E-state index in [4.69, 9.17) is 0 Å². The van der Waals surface area contributed by atoms with Gasteiger partial charge in [-0.05, 0) is 69.1 Å². The molecule has 1 amide bonds. The van der Waals surface area contributed by atoms with Gasteiger partial charge in [-0.1, -0.05) is 12.1 Å². The predicted octanol–water partition coefficient (Wildman–Crippen LogP) is 3.15. The molecule has 2 N–H and O–H groups in total. The van der Waals surface area contributed by atoms with Crippen LogP contribution >= 0.6 is 0 Å². The van der Waals surface area contributed by atoms with Crippen molar-refractivity contribution in [2.75, 3.05) is 30.4 Å². The maximum absolute atomic E-state index is 12.8. The minimum Gasteiger partial charge on any atom is -0.371 e. The Labute approximate surface area is 160 Å². The van der Waals surface area contributed by atoms with Crippen LogP contribution < -0.4 is 14.9 Å². The second kappa shape index (κ2) is 8.10. The van der Waals surface area contributed by atoms with Crippen molar-refractivity contribution >= 4 is 27.3 Å². The summed E-state index contributed by atoms with van der Waals surface area (Å²) in [6, 6.07) is 12.3. The van der Waals surface area contributed by atoms with Crippen molar-refractivity contribution in [1.82, 2.24) is 4.72 Å². The number of aryl methyl sites for hydroxylation is 1. The molecule has 0 aromatic heterocycles. The number of rotatable bonds is 5. The smallest absolute Gasteiger partial charge is 0.255 e. The van der Waals surface area contributed by atoms with Gasteiger partial charge in [0.2, 0.25) is 10.0 Å².